The molecule has 1 fully saturated rings. The number of carboxylic acid groups (broad SMARTS) is 1. The predicted octanol–water partition coefficient (Wildman–Crippen LogP) is 3.54. The Kier molecular flexibility index (Phi) is 5.61. The van der Waals surface area contributed by atoms with Gasteiger partial charge < -0.3 is 15.3 Å². The van der Waals surface area contributed by atoms with E-state index in [9.17, 15) is 15.0 Å². The molecule has 2 rings (SSSR count). The molecule has 0 amide bonds. The molecule has 1 saturated carbocycles. The average molecular weight is 336 g/mol. The first-order valence-corrected chi connectivity index (χ1v) is 8.98. The lowest BCUT2D eigenvalue weighted by Gasteiger charge is -2.58. The van der Waals surface area contributed by atoms with E-state index in [4.69, 9.17) is 5.11 Å². The van der Waals surface area contributed by atoms with Crippen LogP contribution in [0.15, 0.2) is 23.3 Å². The summed E-state index contributed by atoms with van der Waals surface area (Å²) in [5.74, 6) is -0.252. The summed E-state index contributed by atoms with van der Waals surface area (Å²) in [7, 11) is 0. The van der Waals surface area contributed by atoms with Gasteiger partial charge in [-0.25, -0.2) is 4.79 Å². The molecule has 0 spiro atoms. The fourth-order valence-electron chi connectivity index (χ4n) is 5.52. The van der Waals surface area contributed by atoms with Crippen LogP contribution in [0.5, 0.6) is 0 Å². The topological polar surface area (TPSA) is 77.8 Å². The summed E-state index contributed by atoms with van der Waals surface area (Å²) in [6.07, 6.45) is 7.19. The van der Waals surface area contributed by atoms with E-state index in [0.717, 1.165) is 36.8 Å². The average Bonchev–Trinajstić information content (AvgIpc) is 2.42. The molecular formula is C20H32O4. The van der Waals surface area contributed by atoms with Gasteiger partial charge in [-0.15, -0.1) is 0 Å². The molecule has 0 aromatic carbocycles. The zero-order valence-electron chi connectivity index (χ0n) is 15.4. The van der Waals surface area contributed by atoms with Crippen molar-refractivity contribution in [3.05, 3.63) is 23.3 Å². The Morgan fingerprint density at radius 1 is 1.33 bits per heavy atom. The highest BCUT2D eigenvalue weighted by Gasteiger charge is 2.54. The summed E-state index contributed by atoms with van der Waals surface area (Å²) < 4.78 is 0. The lowest BCUT2D eigenvalue weighted by atomic mass is 9.47. The van der Waals surface area contributed by atoms with Crippen molar-refractivity contribution in [3.8, 4) is 0 Å². The van der Waals surface area contributed by atoms with Crippen LogP contribution in [0.3, 0.4) is 0 Å². The second-order valence-corrected chi connectivity index (χ2v) is 8.70. The maximum Gasteiger partial charge on any atom is 0.328 e. The second kappa shape index (κ2) is 7.01. The highest BCUT2D eigenvalue weighted by molar-refractivity contribution is 5.80. The van der Waals surface area contributed by atoms with Crippen molar-refractivity contribution < 1.29 is 20.1 Å². The first-order chi connectivity index (χ1) is 11.1. The van der Waals surface area contributed by atoms with Gasteiger partial charge in [0.25, 0.3) is 0 Å². The van der Waals surface area contributed by atoms with Crippen molar-refractivity contribution in [1.82, 2.24) is 0 Å². The Hall–Kier alpha value is -1.13. The van der Waals surface area contributed by atoms with E-state index in [0.29, 0.717) is 12.3 Å². The van der Waals surface area contributed by atoms with E-state index in [1.807, 2.05) is 6.92 Å². The molecule has 0 aromatic rings. The summed E-state index contributed by atoms with van der Waals surface area (Å²) in [4.78, 5) is 10.8. The molecule has 4 heteroatoms. The number of aliphatic hydroxyl groups is 2. The molecule has 3 N–H and O–H groups in total. The van der Waals surface area contributed by atoms with Crippen LogP contribution in [0, 0.1) is 22.7 Å². The van der Waals surface area contributed by atoms with Crippen LogP contribution in [0.2, 0.25) is 0 Å². The Balaban J connectivity index is 2.29. The minimum absolute atomic E-state index is 0.0468. The fraction of sp³-hybridized carbons (Fsp3) is 0.750. The molecule has 0 unspecified atom stereocenters. The van der Waals surface area contributed by atoms with Crippen LogP contribution in [0.4, 0.5) is 0 Å². The number of carboxylic acids is 1. The van der Waals surface area contributed by atoms with Crippen molar-refractivity contribution in [2.45, 2.75) is 65.9 Å². The van der Waals surface area contributed by atoms with Gasteiger partial charge in [0.2, 0.25) is 0 Å². The van der Waals surface area contributed by atoms with Gasteiger partial charge in [-0.05, 0) is 67.3 Å². The normalized spacial score (nSPS) is 36.0. The van der Waals surface area contributed by atoms with Crippen LogP contribution in [-0.4, -0.2) is 34.0 Å². The summed E-state index contributed by atoms with van der Waals surface area (Å²) in [5, 5.41) is 29.2. The van der Waals surface area contributed by atoms with Crippen LogP contribution in [-0.2, 0) is 4.79 Å². The van der Waals surface area contributed by atoms with Gasteiger partial charge in [-0.2, -0.15) is 0 Å². The van der Waals surface area contributed by atoms with Crippen LogP contribution in [0.25, 0.3) is 0 Å². The van der Waals surface area contributed by atoms with Crippen LogP contribution >= 0.6 is 0 Å². The van der Waals surface area contributed by atoms with Crippen molar-refractivity contribution in [1.29, 1.82) is 0 Å². The van der Waals surface area contributed by atoms with E-state index in [-0.39, 0.29) is 29.5 Å². The van der Waals surface area contributed by atoms with Crippen molar-refractivity contribution in [2.75, 3.05) is 6.61 Å². The van der Waals surface area contributed by atoms with Gasteiger partial charge in [-0.3, -0.25) is 0 Å². The van der Waals surface area contributed by atoms with E-state index >= 15 is 0 Å². The zero-order chi connectivity index (χ0) is 18.1. The van der Waals surface area contributed by atoms with E-state index in [2.05, 4.69) is 26.8 Å². The summed E-state index contributed by atoms with van der Waals surface area (Å²) >= 11 is 0. The smallest absolute Gasteiger partial charge is 0.328 e. The highest BCUT2D eigenvalue weighted by atomic mass is 16.4. The molecule has 0 aliphatic heterocycles. The molecule has 0 bridgehead atoms. The van der Waals surface area contributed by atoms with Crippen molar-refractivity contribution >= 4 is 5.97 Å². The minimum atomic E-state index is -0.910. The second-order valence-electron chi connectivity index (χ2n) is 8.70. The molecule has 24 heavy (non-hydrogen) atoms. The number of aliphatic carboxylic acids is 1. The Morgan fingerprint density at radius 3 is 2.58 bits per heavy atom. The molecule has 0 aromatic heterocycles. The predicted molar refractivity (Wildman–Crippen MR) is 94.5 cm³/mol. The number of hydrogen-bond donors (Lipinski definition) is 3. The molecule has 0 radical (unpaired) electrons. The molecule has 136 valence electrons. The number of hydrogen-bond acceptors (Lipinski definition) is 3. The highest BCUT2D eigenvalue weighted by Crippen LogP contribution is 2.60. The molecule has 4 atom stereocenters. The third-order valence-corrected chi connectivity index (χ3v) is 6.42. The number of aliphatic hydroxyl groups excluding tert-OH is 2. The monoisotopic (exact) mass is 336 g/mol. The molecular weight excluding hydrogens is 304 g/mol. The standard InChI is InChI=1S/C20H32O4/c1-13(9-18(23)24)5-7-16-14(12-21)6-8-17-19(2,3)10-15(22)11-20(16,17)4/h6,9,15-17,21-22H,5,7-8,10-12H2,1-4H3,(H,23,24)/b13-9+/t15-,16-,17-,20-/m1/s1. The zero-order valence-corrected chi connectivity index (χ0v) is 15.4. The van der Waals surface area contributed by atoms with E-state index in [1.165, 1.54) is 6.08 Å². The third-order valence-electron chi connectivity index (χ3n) is 6.42. The summed E-state index contributed by atoms with van der Waals surface area (Å²) in [6.45, 7) is 8.63. The van der Waals surface area contributed by atoms with Crippen molar-refractivity contribution in [2.24, 2.45) is 22.7 Å². The Bertz CT molecular complexity index is 546. The fourth-order valence-corrected chi connectivity index (χ4v) is 5.52. The van der Waals surface area contributed by atoms with Gasteiger partial charge in [-0.1, -0.05) is 32.4 Å². The van der Waals surface area contributed by atoms with Gasteiger partial charge >= 0.3 is 5.97 Å². The van der Waals surface area contributed by atoms with Gasteiger partial charge in [0.1, 0.15) is 0 Å². The quantitative estimate of drug-likeness (QED) is 0.530. The first-order valence-electron chi connectivity index (χ1n) is 8.98. The molecule has 2 aliphatic carbocycles. The molecule has 4 nitrogen and oxygen atoms in total. The Morgan fingerprint density at radius 2 is 2.00 bits per heavy atom. The molecule has 0 saturated heterocycles. The third kappa shape index (κ3) is 3.75. The number of carbonyl (C=O) groups is 1. The molecule has 2 aliphatic rings. The summed E-state index contributed by atoms with van der Waals surface area (Å²) in [5.41, 5.74) is 1.91. The number of rotatable bonds is 5. The summed E-state index contributed by atoms with van der Waals surface area (Å²) in [6, 6.07) is 0. The lowest BCUT2D eigenvalue weighted by Crippen LogP contribution is -2.52. The van der Waals surface area contributed by atoms with Crippen LogP contribution < -0.4 is 0 Å². The largest absolute Gasteiger partial charge is 0.478 e. The maximum atomic E-state index is 10.8. The van der Waals surface area contributed by atoms with Crippen molar-refractivity contribution in [3.63, 3.8) is 0 Å². The van der Waals surface area contributed by atoms with E-state index < -0.39 is 5.97 Å². The van der Waals surface area contributed by atoms with Crippen LogP contribution in [0.1, 0.15) is 59.8 Å². The first kappa shape index (κ1) is 19.2. The number of fused-ring (bicyclic) bond motifs is 1. The van der Waals surface area contributed by atoms with Gasteiger partial charge in [0.05, 0.1) is 12.7 Å². The SMILES string of the molecule is C/C(=C\C(=O)O)CC[C@@H]1C(CO)=CC[C@@H]2C(C)(C)C[C@@H](O)C[C@]12C. The number of allylic oxidation sites excluding steroid dienone is 2. The van der Waals surface area contributed by atoms with E-state index in [1.54, 1.807) is 0 Å². The molecule has 0 heterocycles. The van der Waals surface area contributed by atoms with Gasteiger partial charge in [0.15, 0.2) is 0 Å². The maximum absolute atomic E-state index is 10.8. The Labute approximate surface area is 145 Å². The van der Waals surface area contributed by atoms with Gasteiger partial charge in [0, 0.05) is 6.08 Å². The lowest BCUT2D eigenvalue weighted by molar-refractivity contribution is -0.131. The minimum Gasteiger partial charge on any atom is -0.478 e.